The van der Waals surface area contributed by atoms with Gasteiger partial charge in [0.25, 0.3) is 0 Å². The van der Waals surface area contributed by atoms with E-state index >= 15 is 0 Å². The molecule has 1 aliphatic heterocycles. The minimum absolute atomic E-state index is 0.418. The standard InChI is InChI=1S/C16H25NO/c1-4-14-5-7-15(8-6-14)13(3)17-16-9-10-18-11-12(16)2/h5-8,12-13,16-17H,4,9-11H2,1-3H3. The van der Waals surface area contributed by atoms with Gasteiger partial charge in [0.1, 0.15) is 0 Å². The van der Waals surface area contributed by atoms with E-state index in [1.165, 1.54) is 11.1 Å². The third-order valence-corrected chi connectivity index (χ3v) is 3.99. The van der Waals surface area contributed by atoms with Gasteiger partial charge in [-0.1, -0.05) is 38.1 Å². The van der Waals surface area contributed by atoms with Crippen LogP contribution in [0.1, 0.15) is 44.4 Å². The normalized spacial score (nSPS) is 25.9. The van der Waals surface area contributed by atoms with Crippen molar-refractivity contribution in [3.63, 3.8) is 0 Å². The number of rotatable bonds is 4. The zero-order valence-electron chi connectivity index (χ0n) is 11.8. The molecule has 0 bridgehead atoms. The number of ether oxygens (including phenoxy) is 1. The molecule has 1 fully saturated rings. The van der Waals surface area contributed by atoms with Gasteiger partial charge < -0.3 is 10.1 Å². The fourth-order valence-corrected chi connectivity index (χ4v) is 2.59. The molecule has 0 spiro atoms. The summed E-state index contributed by atoms with van der Waals surface area (Å²) in [5.41, 5.74) is 2.79. The van der Waals surface area contributed by atoms with Crippen LogP contribution in [-0.4, -0.2) is 19.3 Å². The zero-order valence-corrected chi connectivity index (χ0v) is 11.8. The van der Waals surface area contributed by atoms with Crippen LogP contribution in [0.15, 0.2) is 24.3 Å². The molecular weight excluding hydrogens is 222 g/mol. The van der Waals surface area contributed by atoms with Crippen molar-refractivity contribution in [1.29, 1.82) is 0 Å². The molecule has 100 valence electrons. The first-order valence-corrected chi connectivity index (χ1v) is 7.13. The fourth-order valence-electron chi connectivity index (χ4n) is 2.59. The second-order valence-corrected chi connectivity index (χ2v) is 5.43. The number of nitrogens with one attached hydrogen (secondary N) is 1. The summed E-state index contributed by atoms with van der Waals surface area (Å²) in [5, 5.41) is 3.74. The minimum Gasteiger partial charge on any atom is -0.381 e. The summed E-state index contributed by atoms with van der Waals surface area (Å²) in [4.78, 5) is 0. The predicted octanol–water partition coefficient (Wildman–Crippen LogP) is 3.32. The van der Waals surface area contributed by atoms with E-state index in [1.54, 1.807) is 0 Å². The van der Waals surface area contributed by atoms with Crippen LogP contribution in [0, 0.1) is 5.92 Å². The summed E-state index contributed by atoms with van der Waals surface area (Å²) in [7, 11) is 0. The SMILES string of the molecule is CCc1ccc(C(C)NC2CCOCC2C)cc1. The smallest absolute Gasteiger partial charge is 0.0506 e. The van der Waals surface area contributed by atoms with Crippen LogP contribution in [0.4, 0.5) is 0 Å². The summed E-state index contributed by atoms with van der Waals surface area (Å²) in [5.74, 6) is 0.608. The van der Waals surface area contributed by atoms with E-state index in [-0.39, 0.29) is 0 Å². The second-order valence-electron chi connectivity index (χ2n) is 5.43. The van der Waals surface area contributed by atoms with Gasteiger partial charge in [0.15, 0.2) is 0 Å². The minimum atomic E-state index is 0.418. The van der Waals surface area contributed by atoms with Crippen molar-refractivity contribution >= 4 is 0 Å². The van der Waals surface area contributed by atoms with Crippen molar-refractivity contribution in [3.05, 3.63) is 35.4 Å². The second kappa shape index (κ2) is 6.35. The Morgan fingerprint density at radius 1 is 1.33 bits per heavy atom. The van der Waals surface area contributed by atoms with Gasteiger partial charge in [0.05, 0.1) is 6.61 Å². The molecule has 2 nitrogen and oxygen atoms in total. The maximum Gasteiger partial charge on any atom is 0.0506 e. The predicted molar refractivity (Wildman–Crippen MR) is 75.8 cm³/mol. The van der Waals surface area contributed by atoms with Crippen LogP contribution in [-0.2, 0) is 11.2 Å². The summed E-state index contributed by atoms with van der Waals surface area (Å²) in [6.45, 7) is 8.50. The van der Waals surface area contributed by atoms with Crippen molar-refractivity contribution in [2.45, 2.75) is 45.7 Å². The molecule has 3 atom stereocenters. The molecule has 1 aliphatic rings. The molecule has 2 heteroatoms. The van der Waals surface area contributed by atoms with Gasteiger partial charge in [-0.2, -0.15) is 0 Å². The largest absolute Gasteiger partial charge is 0.381 e. The maximum atomic E-state index is 5.49. The Bertz CT molecular complexity index is 360. The van der Waals surface area contributed by atoms with E-state index in [0.29, 0.717) is 18.0 Å². The van der Waals surface area contributed by atoms with E-state index in [0.717, 1.165) is 26.1 Å². The molecule has 18 heavy (non-hydrogen) atoms. The monoisotopic (exact) mass is 247 g/mol. The van der Waals surface area contributed by atoms with Crippen LogP contribution < -0.4 is 5.32 Å². The number of hydrogen-bond acceptors (Lipinski definition) is 2. The maximum absolute atomic E-state index is 5.49. The van der Waals surface area contributed by atoms with Crippen LogP contribution in [0.3, 0.4) is 0 Å². The van der Waals surface area contributed by atoms with Crippen LogP contribution in [0.25, 0.3) is 0 Å². The molecule has 1 aromatic rings. The molecule has 0 amide bonds. The third kappa shape index (κ3) is 3.33. The average Bonchev–Trinajstić information content (AvgIpc) is 2.41. The lowest BCUT2D eigenvalue weighted by Gasteiger charge is -2.32. The summed E-state index contributed by atoms with van der Waals surface area (Å²) >= 11 is 0. The van der Waals surface area contributed by atoms with E-state index in [4.69, 9.17) is 4.74 Å². The highest BCUT2D eigenvalue weighted by Crippen LogP contribution is 2.20. The van der Waals surface area contributed by atoms with Crippen LogP contribution in [0.2, 0.25) is 0 Å². The lowest BCUT2D eigenvalue weighted by Crippen LogP contribution is -2.42. The van der Waals surface area contributed by atoms with Gasteiger partial charge in [-0.3, -0.25) is 0 Å². The number of aryl methyl sites for hydroxylation is 1. The highest BCUT2D eigenvalue weighted by Gasteiger charge is 2.23. The van der Waals surface area contributed by atoms with Gasteiger partial charge >= 0.3 is 0 Å². The molecule has 0 aliphatic carbocycles. The Morgan fingerprint density at radius 2 is 2.06 bits per heavy atom. The average molecular weight is 247 g/mol. The van der Waals surface area contributed by atoms with Gasteiger partial charge in [0, 0.05) is 18.7 Å². The molecule has 0 saturated carbocycles. The molecule has 0 aromatic heterocycles. The Balaban J connectivity index is 1.95. The zero-order chi connectivity index (χ0) is 13.0. The van der Waals surface area contributed by atoms with Crippen molar-refractivity contribution in [3.8, 4) is 0 Å². The van der Waals surface area contributed by atoms with Crippen LogP contribution in [0.5, 0.6) is 0 Å². The Labute approximate surface area is 111 Å². The Morgan fingerprint density at radius 3 is 2.67 bits per heavy atom. The Kier molecular flexibility index (Phi) is 4.79. The summed E-state index contributed by atoms with van der Waals surface area (Å²) < 4.78 is 5.49. The molecule has 1 N–H and O–H groups in total. The molecule has 1 aromatic carbocycles. The highest BCUT2D eigenvalue weighted by atomic mass is 16.5. The van der Waals surface area contributed by atoms with E-state index in [2.05, 4.69) is 50.4 Å². The van der Waals surface area contributed by atoms with E-state index in [1.807, 2.05) is 0 Å². The fraction of sp³-hybridized carbons (Fsp3) is 0.625. The van der Waals surface area contributed by atoms with Crippen molar-refractivity contribution in [2.24, 2.45) is 5.92 Å². The van der Waals surface area contributed by atoms with Gasteiger partial charge in [-0.25, -0.2) is 0 Å². The first kappa shape index (κ1) is 13.6. The van der Waals surface area contributed by atoms with Crippen molar-refractivity contribution in [2.75, 3.05) is 13.2 Å². The van der Waals surface area contributed by atoms with E-state index in [9.17, 15) is 0 Å². The number of benzene rings is 1. The molecule has 3 unspecified atom stereocenters. The molecule has 1 saturated heterocycles. The van der Waals surface area contributed by atoms with E-state index < -0.39 is 0 Å². The lowest BCUT2D eigenvalue weighted by molar-refractivity contribution is 0.0363. The lowest BCUT2D eigenvalue weighted by atomic mass is 9.95. The van der Waals surface area contributed by atoms with Gasteiger partial charge in [0.2, 0.25) is 0 Å². The topological polar surface area (TPSA) is 21.3 Å². The molecule has 0 radical (unpaired) electrons. The first-order valence-electron chi connectivity index (χ1n) is 7.13. The number of hydrogen-bond donors (Lipinski definition) is 1. The molecule has 1 heterocycles. The third-order valence-electron chi connectivity index (χ3n) is 3.99. The summed E-state index contributed by atoms with van der Waals surface area (Å²) in [6.07, 6.45) is 2.23. The van der Waals surface area contributed by atoms with Gasteiger partial charge in [-0.15, -0.1) is 0 Å². The summed E-state index contributed by atoms with van der Waals surface area (Å²) in [6, 6.07) is 9.98. The van der Waals surface area contributed by atoms with Crippen LogP contribution >= 0.6 is 0 Å². The van der Waals surface area contributed by atoms with Crippen molar-refractivity contribution in [1.82, 2.24) is 5.32 Å². The van der Waals surface area contributed by atoms with Crippen molar-refractivity contribution < 1.29 is 4.74 Å². The molecular formula is C16H25NO. The van der Waals surface area contributed by atoms with Gasteiger partial charge in [-0.05, 0) is 36.8 Å². The molecule has 2 rings (SSSR count). The Hall–Kier alpha value is -0.860. The quantitative estimate of drug-likeness (QED) is 0.881. The highest BCUT2D eigenvalue weighted by molar-refractivity contribution is 5.24. The first-order chi connectivity index (χ1) is 8.70.